The minimum absolute atomic E-state index is 0.0725. The van der Waals surface area contributed by atoms with Crippen LogP contribution in [0, 0.1) is 11.7 Å². The molecule has 4 rings (SSSR count). The van der Waals surface area contributed by atoms with Crippen LogP contribution in [0.1, 0.15) is 48.3 Å². The summed E-state index contributed by atoms with van der Waals surface area (Å²) >= 11 is 11.7. The van der Waals surface area contributed by atoms with Crippen LogP contribution in [0.2, 0.25) is 5.15 Å². The number of sulfone groups is 1. The van der Waals surface area contributed by atoms with Gasteiger partial charge in [-0.1, -0.05) is 11.6 Å². The van der Waals surface area contributed by atoms with E-state index in [2.05, 4.69) is 20.4 Å². The fourth-order valence-corrected chi connectivity index (χ4v) is 5.27. The molecule has 2 fully saturated rings. The molecular formula is C14H17ClN6O2S2. The molecule has 1 aliphatic heterocycles. The zero-order chi connectivity index (χ0) is 17.8. The van der Waals surface area contributed by atoms with Gasteiger partial charge in [-0.25, -0.2) is 13.1 Å². The van der Waals surface area contributed by atoms with Crippen molar-refractivity contribution >= 4 is 39.9 Å². The Balaban J connectivity index is 1.66. The van der Waals surface area contributed by atoms with Crippen molar-refractivity contribution in [1.29, 1.82) is 0 Å². The normalized spacial score (nSPS) is 22.9. The van der Waals surface area contributed by atoms with E-state index in [0.29, 0.717) is 33.5 Å². The molecule has 2 aliphatic rings. The van der Waals surface area contributed by atoms with Gasteiger partial charge in [-0.05, 0) is 38.4 Å². The van der Waals surface area contributed by atoms with Crippen LogP contribution in [0.3, 0.4) is 0 Å². The van der Waals surface area contributed by atoms with Crippen LogP contribution in [-0.2, 0) is 9.84 Å². The Kier molecular flexibility index (Phi) is 4.08. The van der Waals surface area contributed by atoms with Gasteiger partial charge >= 0.3 is 0 Å². The lowest BCUT2D eigenvalue weighted by Crippen LogP contribution is -2.12. The smallest absolute Gasteiger partial charge is 0.216 e. The van der Waals surface area contributed by atoms with Crippen molar-refractivity contribution in [2.45, 2.75) is 38.1 Å². The summed E-state index contributed by atoms with van der Waals surface area (Å²) in [5.74, 6) is 1.46. The highest BCUT2D eigenvalue weighted by Gasteiger charge is 2.32. The molecule has 1 saturated carbocycles. The van der Waals surface area contributed by atoms with Crippen LogP contribution in [0.25, 0.3) is 0 Å². The molecule has 0 spiro atoms. The lowest BCUT2D eigenvalue weighted by molar-refractivity contribution is 0.497. The maximum Gasteiger partial charge on any atom is 0.216 e. The van der Waals surface area contributed by atoms with Crippen LogP contribution < -0.4 is 0 Å². The second-order valence-electron chi connectivity index (χ2n) is 6.51. The molecule has 25 heavy (non-hydrogen) atoms. The van der Waals surface area contributed by atoms with Crippen LogP contribution in [0.15, 0.2) is 5.10 Å². The van der Waals surface area contributed by atoms with Crippen molar-refractivity contribution in [2.75, 3.05) is 11.5 Å². The summed E-state index contributed by atoms with van der Waals surface area (Å²) in [5, 5.41) is 16.2. The summed E-state index contributed by atoms with van der Waals surface area (Å²) < 4.78 is 27.1. The molecule has 0 amide bonds. The van der Waals surface area contributed by atoms with E-state index in [9.17, 15) is 8.42 Å². The molecule has 3 heterocycles. The van der Waals surface area contributed by atoms with Gasteiger partial charge in [0.1, 0.15) is 5.15 Å². The highest BCUT2D eigenvalue weighted by Crippen LogP contribution is 2.38. The number of aromatic amines is 1. The molecule has 2 aromatic rings. The van der Waals surface area contributed by atoms with E-state index in [-0.39, 0.29) is 17.5 Å². The van der Waals surface area contributed by atoms with Crippen LogP contribution >= 0.6 is 23.8 Å². The summed E-state index contributed by atoms with van der Waals surface area (Å²) in [7, 11) is -3.01. The van der Waals surface area contributed by atoms with Crippen molar-refractivity contribution in [2.24, 2.45) is 5.10 Å². The van der Waals surface area contributed by atoms with Gasteiger partial charge in [-0.2, -0.15) is 20.0 Å². The minimum atomic E-state index is -3.01. The fraction of sp³-hybridized carbons (Fsp3) is 0.571. The van der Waals surface area contributed by atoms with Crippen LogP contribution in [0.5, 0.6) is 0 Å². The van der Waals surface area contributed by atoms with Gasteiger partial charge in [0, 0.05) is 5.92 Å². The van der Waals surface area contributed by atoms with E-state index < -0.39 is 9.84 Å². The predicted molar refractivity (Wildman–Crippen MR) is 96.7 cm³/mol. The van der Waals surface area contributed by atoms with E-state index in [1.807, 2.05) is 6.92 Å². The van der Waals surface area contributed by atoms with Gasteiger partial charge in [0.2, 0.25) is 4.77 Å². The average molecular weight is 401 g/mol. The Morgan fingerprint density at radius 2 is 2.16 bits per heavy atom. The van der Waals surface area contributed by atoms with Crippen molar-refractivity contribution in [1.82, 2.24) is 24.7 Å². The molecule has 8 nitrogen and oxygen atoms in total. The Bertz CT molecular complexity index is 1010. The molecule has 134 valence electrons. The largest absolute Gasteiger partial charge is 0.250 e. The van der Waals surface area contributed by atoms with Crippen LogP contribution in [0.4, 0.5) is 0 Å². The Labute approximate surface area is 154 Å². The summed E-state index contributed by atoms with van der Waals surface area (Å²) in [4.78, 5) is 0. The van der Waals surface area contributed by atoms with Crippen molar-refractivity contribution in [3.63, 3.8) is 0 Å². The summed E-state index contributed by atoms with van der Waals surface area (Å²) in [5.41, 5.74) is 1.36. The number of H-pyrrole nitrogens is 1. The lowest BCUT2D eigenvalue weighted by Gasteiger charge is -2.09. The standard InChI is InChI=1S/C14H17ClN6O2S2/c1-8-11(6-16-21-13(9-2-3-9)17-18-14(21)24)12(15)20(19-8)10-4-5-25(22,23)7-10/h6,9-10H,2-5,7H2,1H3,(H,18,24)/b16-6-/t10-/m0/s1. The molecule has 2 aromatic heterocycles. The van der Waals surface area contributed by atoms with E-state index in [1.165, 1.54) is 0 Å². The van der Waals surface area contributed by atoms with Crippen molar-refractivity contribution < 1.29 is 8.42 Å². The molecule has 1 N–H and O–H groups in total. The molecule has 0 bridgehead atoms. The van der Waals surface area contributed by atoms with E-state index in [0.717, 1.165) is 18.7 Å². The second kappa shape index (κ2) is 6.03. The number of nitrogens with zero attached hydrogens (tertiary/aromatic N) is 5. The van der Waals surface area contributed by atoms with Gasteiger partial charge in [0.15, 0.2) is 15.7 Å². The van der Waals surface area contributed by atoms with Gasteiger partial charge < -0.3 is 0 Å². The molecule has 11 heteroatoms. The molecule has 1 aliphatic carbocycles. The molecule has 1 atom stereocenters. The quantitative estimate of drug-likeness (QED) is 0.626. The SMILES string of the molecule is Cc1nn([C@H]2CCS(=O)(=O)C2)c(Cl)c1/C=N\n1c(C2CC2)n[nH]c1=S. The first-order valence-corrected chi connectivity index (χ1v) is 10.6. The Morgan fingerprint density at radius 3 is 2.80 bits per heavy atom. The van der Waals surface area contributed by atoms with E-state index in [1.54, 1.807) is 15.6 Å². The number of hydrogen-bond acceptors (Lipinski definition) is 6. The van der Waals surface area contributed by atoms with Gasteiger partial charge in [0.25, 0.3) is 0 Å². The van der Waals surface area contributed by atoms with Crippen LogP contribution in [-0.4, -0.2) is 50.8 Å². The molecule has 0 aromatic carbocycles. The second-order valence-corrected chi connectivity index (χ2v) is 9.48. The zero-order valence-corrected chi connectivity index (χ0v) is 15.9. The number of aromatic nitrogens is 5. The Hall–Kier alpha value is -1.52. The van der Waals surface area contributed by atoms with Gasteiger partial charge in [-0.15, -0.1) is 0 Å². The number of aryl methyl sites for hydroxylation is 1. The summed E-state index contributed by atoms with van der Waals surface area (Å²) in [6, 6.07) is -0.225. The lowest BCUT2D eigenvalue weighted by atomic mass is 10.2. The molecular weight excluding hydrogens is 384 g/mol. The highest BCUT2D eigenvalue weighted by molar-refractivity contribution is 7.91. The summed E-state index contributed by atoms with van der Waals surface area (Å²) in [6.45, 7) is 1.82. The monoisotopic (exact) mass is 400 g/mol. The molecule has 1 saturated heterocycles. The first-order chi connectivity index (χ1) is 11.9. The number of nitrogens with one attached hydrogen (secondary N) is 1. The third kappa shape index (κ3) is 3.18. The van der Waals surface area contributed by atoms with E-state index >= 15 is 0 Å². The van der Waals surface area contributed by atoms with Gasteiger partial charge in [-0.3, -0.25) is 5.10 Å². The fourth-order valence-electron chi connectivity index (χ4n) is 3.03. The molecule has 0 radical (unpaired) electrons. The van der Waals surface area contributed by atoms with Crippen molar-refractivity contribution in [3.8, 4) is 0 Å². The highest BCUT2D eigenvalue weighted by atomic mass is 35.5. The van der Waals surface area contributed by atoms with Gasteiger partial charge in [0.05, 0.1) is 35.0 Å². The first kappa shape index (κ1) is 16.9. The topological polar surface area (TPSA) is 97.9 Å². The summed E-state index contributed by atoms with van der Waals surface area (Å²) in [6.07, 6.45) is 4.31. The average Bonchev–Trinajstić information content (AvgIpc) is 3.16. The zero-order valence-electron chi connectivity index (χ0n) is 13.5. The first-order valence-electron chi connectivity index (χ1n) is 8.02. The minimum Gasteiger partial charge on any atom is -0.250 e. The maximum absolute atomic E-state index is 11.7. The number of rotatable bonds is 4. The Morgan fingerprint density at radius 1 is 1.40 bits per heavy atom. The van der Waals surface area contributed by atoms with E-state index in [4.69, 9.17) is 23.8 Å². The van der Waals surface area contributed by atoms with Crippen molar-refractivity contribution in [3.05, 3.63) is 27.0 Å². The predicted octanol–water partition coefficient (Wildman–Crippen LogP) is 2.22. The maximum atomic E-state index is 11.7. The third-order valence-electron chi connectivity index (χ3n) is 4.55. The number of hydrogen-bond donors (Lipinski definition) is 1. The third-order valence-corrected chi connectivity index (χ3v) is 6.94. The number of halogens is 1. The molecule has 0 unspecified atom stereocenters.